The zero-order valence-corrected chi connectivity index (χ0v) is 14.1. The van der Waals surface area contributed by atoms with Crippen LogP contribution in [0.2, 0.25) is 0 Å². The van der Waals surface area contributed by atoms with Gasteiger partial charge in [-0.05, 0) is 18.6 Å². The fourth-order valence-electron chi connectivity index (χ4n) is 2.36. The van der Waals surface area contributed by atoms with Crippen molar-refractivity contribution in [3.8, 4) is 17.0 Å². The molecule has 0 spiro atoms. The summed E-state index contributed by atoms with van der Waals surface area (Å²) in [5, 5.41) is 6.73. The van der Waals surface area contributed by atoms with Gasteiger partial charge in [-0.3, -0.25) is 10.1 Å². The van der Waals surface area contributed by atoms with Crippen LogP contribution in [0.15, 0.2) is 65.2 Å². The minimum absolute atomic E-state index is 0.289. The van der Waals surface area contributed by atoms with Crippen LogP contribution in [0.3, 0.4) is 0 Å². The van der Waals surface area contributed by atoms with E-state index in [1.54, 1.807) is 24.3 Å². The van der Waals surface area contributed by atoms with E-state index in [-0.39, 0.29) is 5.91 Å². The molecule has 3 rings (SSSR count). The number of benzene rings is 2. The lowest BCUT2D eigenvalue weighted by molar-refractivity contribution is 0.102. The van der Waals surface area contributed by atoms with Gasteiger partial charge in [0, 0.05) is 11.6 Å². The number of para-hydroxylation sites is 1. The number of nitrogens with one attached hydrogen (secondary N) is 1. The summed E-state index contributed by atoms with van der Waals surface area (Å²) in [5.41, 5.74) is 2.06. The van der Waals surface area contributed by atoms with Gasteiger partial charge in [0.15, 0.2) is 0 Å². The number of carbonyl (C=O) groups is 1. The van der Waals surface area contributed by atoms with Gasteiger partial charge in [-0.1, -0.05) is 61.0 Å². The third-order valence-corrected chi connectivity index (χ3v) is 3.70. The lowest BCUT2D eigenvalue weighted by Gasteiger charge is -2.10. The summed E-state index contributed by atoms with van der Waals surface area (Å²) < 4.78 is 10.9. The minimum Gasteiger partial charge on any atom is -0.493 e. The van der Waals surface area contributed by atoms with Crippen molar-refractivity contribution in [3.63, 3.8) is 0 Å². The monoisotopic (exact) mass is 336 g/mol. The summed E-state index contributed by atoms with van der Waals surface area (Å²) in [6, 6.07) is 18.5. The van der Waals surface area contributed by atoms with Crippen molar-refractivity contribution < 1.29 is 14.1 Å². The Labute approximate surface area is 146 Å². The van der Waals surface area contributed by atoms with Crippen LogP contribution in [0.5, 0.6) is 5.75 Å². The van der Waals surface area contributed by atoms with E-state index in [1.807, 2.05) is 36.4 Å². The van der Waals surface area contributed by atoms with Crippen molar-refractivity contribution >= 4 is 11.8 Å². The van der Waals surface area contributed by atoms with E-state index >= 15 is 0 Å². The summed E-state index contributed by atoms with van der Waals surface area (Å²) >= 11 is 0. The van der Waals surface area contributed by atoms with Crippen LogP contribution in [-0.2, 0) is 0 Å². The molecule has 1 heterocycles. The highest BCUT2D eigenvalue weighted by Gasteiger charge is 2.15. The first-order valence-corrected chi connectivity index (χ1v) is 8.33. The molecule has 0 aliphatic heterocycles. The Bertz CT molecular complexity index is 828. The summed E-state index contributed by atoms with van der Waals surface area (Å²) in [7, 11) is 0. The van der Waals surface area contributed by atoms with E-state index in [0.717, 1.165) is 18.4 Å². The maximum absolute atomic E-state index is 12.5. The van der Waals surface area contributed by atoms with E-state index in [0.29, 0.717) is 29.5 Å². The third-order valence-electron chi connectivity index (χ3n) is 3.70. The third kappa shape index (κ3) is 4.26. The Morgan fingerprint density at radius 1 is 1.12 bits per heavy atom. The molecule has 1 aromatic heterocycles. The van der Waals surface area contributed by atoms with Crippen molar-refractivity contribution in [3.05, 3.63) is 66.2 Å². The number of hydrogen-bond acceptors (Lipinski definition) is 4. The van der Waals surface area contributed by atoms with Crippen molar-refractivity contribution in [1.82, 2.24) is 5.16 Å². The molecular weight excluding hydrogens is 316 g/mol. The van der Waals surface area contributed by atoms with Crippen molar-refractivity contribution in [2.24, 2.45) is 0 Å². The van der Waals surface area contributed by atoms with Crippen LogP contribution >= 0.6 is 0 Å². The first kappa shape index (κ1) is 16.8. The quantitative estimate of drug-likeness (QED) is 0.631. The molecule has 0 unspecified atom stereocenters. The van der Waals surface area contributed by atoms with Crippen LogP contribution in [0.25, 0.3) is 11.3 Å². The number of ether oxygens (including phenoxy) is 1. The minimum atomic E-state index is -0.289. The number of anilines is 1. The van der Waals surface area contributed by atoms with E-state index in [4.69, 9.17) is 9.26 Å². The highest BCUT2D eigenvalue weighted by Crippen LogP contribution is 2.23. The molecule has 1 amide bonds. The predicted molar refractivity (Wildman–Crippen MR) is 96.7 cm³/mol. The smallest absolute Gasteiger partial charge is 0.261 e. The maximum Gasteiger partial charge on any atom is 0.261 e. The molecular formula is C20H20N2O3. The molecule has 0 aliphatic carbocycles. The first-order chi connectivity index (χ1) is 12.3. The van der Waals surface area contributed by atoms with Gasteiger partial charge in [0.2, 0.25) is 5.88 Å². The number of amides is 1. The van der Waals surface area contributed by atoms with Gasteiger partial charge in [-0.25, -0.2) is 0 Å². The Morgan fingerprint density at radius 3 is 2.68 bits per heavy atom. The Kier molecular flexibility index (Phi) is 5.46. The molecule has 5 nitrogen and oxygen atoms in total. The Morgan fingerprint density at radius 2 is 1.88 bits per heavy atom. The van der Waals surface area contributed by atoms with Crippen molar-refractivity contribution in [2.75, 3.05) is 11.9 Å². The number of hydrogen-bond donors (Lipinski definition) is 1. The summed E-state index contributed by atoms with van der Waals surface area (Å²) in [6.07, 6.45) is 1.98. The van der Waals surface area contributed by atoms with Crippen molar-refractivity contribution in [2.45, 2.75) is 19.8 Å². The fourth-order valence-corrected chi connectivity index (χ4v) is 2.36. The van der Waals surface area contributed by atoms with Crippen LogP contribution in [-0.4, -0.2) is 17.7 Å². The lowest BCUT2D eigenvalue weighted by Crippen LogP contribution is -2.13. The molecule has 1 N–H and O–H groups in total. The van der Waals surface area contributed by atoms with E-state index < -0.39 is 0 Å². The van der Waals surface area contributed by atoms with Gasteiger partial charge in [0.05, 0.1) is 12.2 Å². The average molecular weight is 336 g/mol. The molecule has 25 heavy (non-hydrogen) atoms. The topological polar surface area (TPSA) is 64.4 Å². The molecule has 128 valence electrons. The second-order valence-corrected chi connectivity index (χ2v) is 5.59. The van der Waals surface area contributed by atoms with Crippen LogP contribution in [0.4, 0.5) is 5.88 Å². The van der Waals surface area contributed by atoms with Gasteiger partial charge in [-0.2, -0.15) is 0 Å². The number of carbonyl (C=O) groups excluding carboxylic acids is 1. The SMILES string of the molecule is CCCCOc1ccccc1C(=O)Nc1cc(-c2ccccc2)no1. The lowest BCUT2D eigenvalue weighted by atomic mass is 10.1. The van der Waals surface area contributed by atoms with Crippen LogP contribution in [0.1, 0.15) is 30.1 Å². The largest absolute Gasteiger partial charge is 0.493 e. The number of unbranched alkanes of at least 4 members (excludes halogenated alkanes) is 1. The molecule has 3 aromatic rings. The van der Waals surface area contributed by atoms with Gasteiger partial charge >= 0.3 is 0 Å². The molecule has 2 aromatic carbocycles. The van der Waals surface area contributed by atoms with Gasteiger partial charge < -0.3 is 9.26 Å². The highest BCUT2D eigenvalue weighted by atomic mass is 16.5. The summed E-state index contributed by atoms with van der Waals surface area (Å²) in [4.78, 5) is 12.5. The van der Waals surface area contributed by atoms with Gasteiger partial charge in [0.1, 0.15) is 11.4 Å². The highest BCUT2D eigenvalue weighted by molar-refractivity contribution is 6.05. The molecule has 0 fully saturated rings. The number of nitrogens with zero attached hydrogens (tertiary/aromatic N) is 1. The van der Waals surface area contributed by atoms with E-state index in [2.05, 4.69) is 17.4 Å². The summed E-state index contributed by atoms with van der Waals surface area (Å²) in [6.45, 7) is 2.68. The molecule has 0 radical (unpaired) electrons. The zero-order chi connectivity index (χ0) is 17.5. The second kappa shape index (κ2) is 8.15. The van der Waals surface area contributed by atoms with Gasteiger partial charge in [0.25, 0.3) is 5.91 Å². The van der Waals surface area contributed by atoms with Crippen LogP contribution in [0, 0.1) is 0 Å². The van der Waals surface area contributed by atoms with E-state index in [1.165, 1.54) is 0 Å². The molecule has 0 aliphatic rings. The van der Waals surface area contributed by atoms with E-state index in [9.17, 15) is 4.79 Å². The van der Waals surface area contributed by atoms with Crippen molar-refractivity contribution in [1.29, 1.82) is 0 Å². The summed E-state index contributed by atoms with van der Waals surface area (Å²) in [5.74, 6) is 0.575. The number of aromatic nitrogens is 1. The zero-order valence-electron chi connectivity index (χ0n) is 14.1. The standard InChI is InChI=1S/C20H20N2O3/c1-2-3-13-24-18-12-8-7-11-16(18)20(23)21-19-14-17(22-25-19)15-9-5-4-6-10-15/h4-12,14H,2-3,13H2,1H3,(H,21,23). The van der Waals surface area contributed by atoms with Gasteiger partial charge in [-0.15, -0.1) is 0 Å². The number of rotatable bonds is 7. The maximum atomic E-state index is 12.5. The Hall–Kier alpha value is -3.08. The molecule has 0 saturated carbocycles. The molecule has 0 saturated heterocycles. The first-order valence-electron chi connectivity index (χ1n) is 8.33. The normalized spacial score (nSPS) is 10.4. The Balaban J connectivity index is 1.72. The molecule has 0 bridgehead atoms. The fraction of sp³-hybridized carbons (Fsp3) is 0.200. The molecule has 0 atom stereocenters. The predicted octanol–water partition coefficient (Wildman–Crippen LogP) is 4.77. The second-order valence-electron chi connectivity index (χ2n) is 5.59. The average Bonchev–Trinajstić information content (AvgIpc) is 3.11. The van der Waals surface area contributed by atoms with Crippen LogP contribution < -0.4 is 10.1 Å². The molecule has 5 heteroatoms.